The monoisotopic (exact) mass is 247 g/mol. The molecule has 0 spiro atoms. The number of carboxylic acid groups (broad SMARTS) is 1. The van der Waals surface area contributed by atoms with Crippen molar-refractivity contribution in [1.82, 2.24) is 0 Å². The highest BCUT2D eigenvalue weighted by atomic mass is 35.5. The van der Waals surface area contributed by atoms with E-state index in [0.717, 1.165) is 0 Å². The molecular formula is C13H8ClO3-. The molecule has 2 rings (SSSR count). The van der Waals surface area contributed by atoms with Crippen LogP contribution in [0.4, 0.5) is 0 Å². The second-order valence-electron chi connectivity index (χ2n) is 3.37. The molecule has 0 N–H and O–H groups in total. The summed E-state index contributed by atoms with van der Waals surface area (Å²) in [5, 5.41) is 11.3. The molecule has 2 aromatic carbocycles. The molecule has 2 aromatic rings. The molecule has 0 aromatic heterocycles. The van der Waals surface area contributed by atoms with Gasteiger partial charge in [-0.3, -0.25) is 0 Å². The van der Waals surface area contributed by atoms with Crippen LogP contribution in [0.3, 0.4) is 0 Å². The number of aromatic carboxylic acids is 1. The maximum Gasteiger partial charge on any atom is 0.128 e. The second-order valence-corrected chi connectivity index (χ2v) is 3.81. The summed E-state index contributed by atoms with van der Waals surface area (Å²) in [5.41, 5.74) is 0.0801. The molecule has 0 bridgehead atoms. The first-order valence-corrected chi connectivity index (χ1v) is 5.28. The summed E-state index contributed by atoms with van der Waals surface area (Å²) in [6, 6.07) is 12.9. The fraction of sp³-hybridized carbons (Fsp3) is 0. The van der Waals surface area contributed by atoms with E-state index in [1.165, 1.54) is 12.1 Å². The number of carbonyl (C=O) groups is 1. The molecule has 0 saturated carbocycles. The minimum atomic E-state index is -1.23. The van der Waals surface area contributed by atoms with Gasteiger partial charge in [-0.1, -0.05) is 23.7 Å². The van der Waals surface area contributed by atoms with Crippen LogP contribution in [-0.2, 0) is 0 Å². The van der Waals surface area contributed by atoms with Gasteiger partial charge < -0.3 is 14.6 Å². The highest BCUT2D eigenvalue weighted by Crippen LogP contribution is 2.23. The van der Waals surface area contributed by atoms with Gasteiger partial charge in [0.25, 0.3) is 0 Å². The fourth-order valence-corrected chi connectivity index (χ4v) is 1.45. The molecule has 0 amide bonds. The number of halogens is 1. The minimum absolute atomic E-state index is 0.0801. The summed E-state index contributed by atoms with van der Waals surface area (Å²) >= 11 is 5.74. The molecule has 0 aliphatic carbocycles. The highest BCUT2D eigenvalue weighted by Gasteiger charge is 1.99. The predicted molar refractivity (Wildman–Crippen MR) is 62.3 cm³/mol. The largest absolute Gasteiger partial charge is 0.545 e. The average Bonchev–Trinajstić information content (AvgIpc) is 2.32. The van der Waals surface area contributed by atoms with Crippen LogP contribution in [-0.4, -0.2) is 5.97 Å². The number of ether oxygens (including phenoxy) is 1. The van der Waals surface area contributed by atoms with Crippen molar-refractivity contribution in [3.63, 3.8) is 0 Å². The highest BCUT2D eigenvalue weighted by molar-refractivity contribution is 6.30. The lowest BCUT2D eigenvalue weighted by Gasteiger charge is -2.08. The first-order chi connectivity index (χ1) is 8.15. The van der Waals surface area contributed by atoms with Gasteiger partial charge in [0, 0.05) is 10.6 Å². The maximum absolute atomic E-state index is 10.7. The smallest absolute Gasteiger partial charge is 0.128 e. The van der Waals surface area contributed by atoms with Crippen molar-refractivity contribution in [2.24, 2.45) is 0 Å². The van der Waals surface area contributed by atoms with E-state index in [9.17, 15) is 9.90 Å². The minimum Gasteiger partial charge on any atom is -0.545 e. The lowest BCUT2D eigenvalue weighted by Crippen LogP contribution is -2.21. The Morgan fingerprint density at radius 3 is 2.41 bits per heavy atom. The van der Waals surface area contributed by atoms with Crippen molar-refractivity contribution < 1.29 is 14.6 Å². The lowest BCUT2D eigenvalue weighted by molar-refractivity contribution is -0.255. The molecule has 3 nitrogen and oxygen atoms in total. The van der Waals surface area contributed by atoms with Crippen LogP contribution >= 0.6 is 11.6 Å². The van der Waals surface area contributed by atoms with Gasteiger partial charge in [0.15, 0.2) is 0 Å². The van der Waals surface area contributed by atoms with Gasteiger partial charge >= 0.3 is 0 Å². The molecule has 0 unspecified atom stereocenters. The quantitative estimate of drug-likeness (QED) is 0.837. The van der Waals surface area contributed by atoms with E-state index in [1.54, 1.807) is 36.4 Å². The van der Waals surface area contributed by atoms with E-state index in [-0.39, 0.29) is 5.56 Å². The number of carbonyl (C=O) groups excluding carboxylic acids is 1. The number of rotatable bonds is 3. The van der Waals surface area contributed by atoms with Gasteiger partial charge in [-0.15, -0.1) is 0 Å². The molecule has 0 atom stereocenters. The number of carboxylic acids is 1. The molecule has 0 aliphatic heterocycles. The van der Waals surface area contributed by atoms with Crippen molar-refractivity contribution in [2.75, 3.05) is 0 Å². The van der Waals surface area contributed by atoms with Gasteiger partial charge in [-0.05, 0) is 36.4 Å². The van der Waals surface area contributed by atoms with Gasteiger partial charge in [0.05, 0.1) is 5.97 Å². The Kier molecular flexibility index (Phi) is 3.30. The third-order valence-corrected chi connectivity index (χ3v) is 2.37. The maximum atomic E-state index is 10.7. The Morgan fingerprint density at radius 1 is 1.06 bits per heavy atom. The normalized spacial score (nSPS) is 9.94. The Hall–Kier alpha value is -2.00. The van der Waals surface area contributed by atoms with Crippen LogP contribution in [0, 0.1) is 0 Å². The van der Waals surface area contributed by atoms with E-state index < -0.39 is 5.97 Å². The summed E-state index contributed by atoms with van der Waals surface area (Å²) in [6.45, 7) is 0. The zero-order valence-corrected chi connectivity index (χ0v) is 9.48. The molecule has 0 fully saturated rings. The number of hydrogen-bond acceptors (Lipinski definition) is 3. The summed E-state index contributed by atoms with van der Waals surface area (Å²) in [7, 11) is 0. The third kappa shape index (κ3) is 2.98. The van der Waals surface area contributed by atoms with Crippen molar-refractivity contribution >= 4 is 17.6 Å². The lowest BCUT2D eigenvalue weighted by atomic mass is 10.2. The zero-order valence-electron chi connectivity index (χ0n) is 8.72. The topological polar surface area (TPSA) is 49.4 Å². The zero-order chi connectivity index (χ0) is 12.3. The van der Waals surface area contributed by atoms with Crippen LogP contribution < -0.4 is 9.84 Å². The Bertz CT molecular complexity index is 535. The molecule has 86 valence electrons. The fourth-order valence-electron chi connectivity index (χ4n) is 1.33. The average molecular weight is 248 g/mol. The molecule has 0 aliphatic rings. The van der Waals surface area contributed by atoms with Gasteiger partial charge in [0.1, 0.15) is 11.5 Å². The van der Waals surface area contributed by atoms with Crippen LogP contribution in [0.25, 0.3) is 0 Å². The summed E-state index contributed by atoms with van der Waals surface area (Å²) in [4.78, 5) is 10.7. The van der Waals surface area contributed by atoms with E-state index in [4.69, 9.17) is 16.3 Å². The van der Waals surface area contributed by atoms with Crippen LogP contribution in [0.1, 0.15) is 10.4 Å². The molecular weight excluding hydrogens is 240 g/mol. The summed E-state index contributed by atoms with van der Waals surface area (Å²) < 4.78 is 5.47. The standard InChI is InChI=1S/C13H9ClO3/c14-10-4-6-11(7-5-10)17-12-3-1-2-9(8-12)13(15)16/h1-8H,(H,15,16)/p-1. The van der Waals surface area contributed by atoms with E-state index in [1.807, 2.05) is 0 Å². The number of hydrogen-bond donors (Lipinski definition) is 0. The van der Waals surface area contributed by atoms with E-state index in [0.29, 0.717) is 16.5 Å². The van der Waals surface area contributed by atoms with Crippen molar-refractivity contribution in [2.45, 2.75) is 0 Å². The Morgan fingerprint density at radius 2 is 1.76 bits per heavy atom. The van der Waals surface area contributed by atoms with Crippen LogP contribution in [0.2, 0.25) is 5.02 Å². The molecule has 0 heterocycles. The Balaban J connectivity index is 2.21. The summed E-state index contributed by atoms with van der Waals surface area (Å²) in [5.74, 6) is -0.203. The van der Waals surface area contributed by atoms with Crippen molar-refractivity contribution in [3.05, 3.63) is 59.1 Å². The summed E-state index contributed by atoms with van der Waals surface area (Å²) in [6.07, 6.45) is 0. The van der Waals surface area contributed by atoms with Gasteiger partial charge in [0.2, 0.25) is 0 Å². The SMILES string of the molecule is O=C([O-])c1cccc(Oc2ccc(Cl)cc2)c1. The van der Waals surface area contributed by atoms with Gasteiger partial charge in [-0.2, -0.15) is 0 Å². The van der Waals surface area contributed by atoms with Gasteiger partial charge in [-0.25, -0.2) is 0 Å². The molecule has 0 radical (unpaired) electrons. The molecule has 17 heavy (non-hydrogen) atoms. The third-order valence-electron chi connectivity index (χ3n) is 2.12. The van der Waals surface area contributed by atoms with Crippen molar-refractivity contribution in [3.8, 4) is 11.5 Å². The first-order valence-electron chi connectivity index (χ1n) is 4.90. The van der Waals surface area contributed by atoms with Crippen LogP contribution in [0.5, 0.6) is 11.5 Å². The van der Waals surface area contributed by atoms with E-state index in [2.05, 4.69) is 0 Å². The van der Waals surface area contributed by atoms with Crippen molar-refractivity contribution in [1.29, 1.82) is 0 Å². The second kappa shape index (κ2) is 4.89. The molecule has 0 saturated heterocycles. The van der Waals surface area contributed by atoms with E-state index >= 15 is 0 Å². The van der Waals surface area contributed by atoms with Crippen LogP contribution in [0.15, 0.2) is 48.5 Å². The Labute approximate surface area is 103 Å². The molecule has 4 heteroatoms. The number of benzene rings is 2. The first kappa shape index (κ1) is 11.5. The predicted octanol–water partition coefficient (Wildman–Crippen LogP) is 2.50.